The third-order valence-electron chi connectivity index (χ3n) is 5.08. The zero-order chi connectivity index (χ0) is 19.6. The average molecular weight is 401 g/mol. The Morgan fingerprint density at radius 1 is 1.22 bits per heavy atom. The van der Waals surface area contributed by atoms with Gasteiger partial charge in [-0.1, -0.05) is 12.8 Å². The Hall–Kier alpha value is -1.81. The van der Waals surface area contributed by atoms with Crippen LogP contribution in [-0.4, -0.2) is 52.8 Å². The van der Waals surface area contributed by atoms with Crippen LogP contribution in [0.15, 0.2) is 12.3 Å². The number of alkyl halides is 1. The molecular weight excluding hydrogens is 376 g/mol. The first-order valence-corrected chi connectivity index (χ1v) is 11.0. The predicted molar refractivity (Wildman–Crippen MR) is 99.1 cm³/mol. The van der Waals surface area contributed by atoms with Crippen LogP contribution in [0.4, 0.5) is 14.7 Å². The van der Waals surface area contributed by atoms with Crippen LogP contribution in [0, 0.1) is 5.82 Å². The number of aromatic nitrogens is 3. The number of fused-ring (bicyclic) bond motifs is 1. The Balaban J connectivity index is 0.000000168. The topological polar surface area (TPSA) is 93.6 Å². The molecule has 0 bridgehead atoms. The second kappa shape index (κ2) is 8.05. The molecule has 0 amide bonds. The van der Waals surface area contributed by atoms with Gasteiger partial charge in [-0.2, -0.15) is 4.31 Å². The second-order valence-corrected chi connectivity index (χ2v) is 9.15. The lowest BCUT2D eigenvalue weighted by atomic mass is 10.1. The predicted octanol–water partition coefficient (Wildman–Crippen LogP) is 2.49. The Labute approximate surface area is 157 Å². The summed E-state index contributed by atoms with van der Waals surface area (Å²) in [6, 6.07) is 1.57. The third kappa shape index (κ3) is 4.73. The van der Waals surface area contributed by atoms with Gasteiger partial charge in [0.2, 0.25) is 16.0 Å². The Morgan fingerprint density at radius 2 is 1.93 bits per heavy atom. The van der Waals surface area contributed by atoms with Gasteiger partial charge >= 0.3 is 0 Å². The van der Waals surface area contributed by atoms with Gasteiger partial charge in [-0.25, -0.2) is 26.7 Å². The van der Waals surface area contributed by atoms with E-state index >= 15 is 0 Å². The fourth-order valence-corrected chi connectivity index (χ4v) is 4.59. The standard InChI is InChI=1S/C11H13FN4.C6H12FNO2S/c12-8-5-9(7-3-1-2-4-7)16-10(8)6-14-11(13)15-16;1-11(9,10)8-4-2-3-6(7)5-8/h5-7H,1-4H2,(H2,13,15);6H,2-5H2,1H3. The molecular formula is C17H25F2N5O2S. The minimum Gasteiger partial charge on any atom is -0.367 e. The van der Waals surface area contributed by atoms with Gasteiger partial charge < -0.3 is 5.73 Å². The van der Waals surface area contributed by atoms with E-state index in [0.717, 1.165) is 24.8 Å². The number of nitrogens with two attached hydrogens (primary N) is 1. The van der Waals surface area contributed by atoms with E-state index in [1.807, 2.05) is 0 Å². The molecule has 4 rings (SSSR count). The third-order valence-corrected chi connectivity index (χ3v) is 6.35. The molecule has 10 heteroatoms. The first kappa shape index (κ1) is 19.9. The van der Waals surface area contributed by atoms with E-state index in [1.54, 1.807) is 10.6 Å². The average Bonchev–Trinajstić information content (AvgIpc) is 3.23. The molecule has 150 valence electrons. The number of halogens is 2. The zero-order valence-corrected chi connectivity index (χ0v) is 16.1. The first-order valence-electron chi connectivity index (χ1n) is 9.14. The summed E-state index contributed by atoms with van der Waals surface area (Å²) in [5.74, 6) is 0.329. The van der Waals surface area contributed by atoms with Crippen LogP contribution in [0.25, 0.3) is 5.52 Å². The van der Waals surface area contributed by atoms with E-state index < -0.39 is 16.2 Å². The van der Waals surface area contributed by atoms with E-state index in [-0.39, 0.29) is 18.3 Å². The fraction of sp³-hybridized carbons (Fsp3) is 0.647. The number of piperidine rings is 1. The van der Waals surface area contributed by atoms with Crippen LogP contribution in [0.3, 0.4) is 0 Å². The fourth-order valence-electron chi connectivity index (χ4n) is 3.69. The van der Waals surface area contributed by atoms with Crippen molar-refractivity contribution in [3.05, 3.63) is 23.8 Å². The minimum atomic E-state index is -3.17. The van der Waals surface area contributed by atoms with Gasteiger partial charge in [-0.3, -0.25) is 0 Å². The Morgan fingerprint density at radius 3 is 2.52 bits per heavy atom. The summed E-state index contributed by atoms with van der Waals surface area (Å²) in [6.45, 7) is 0.512. The van der Waals surface area contributed by atoms with Crippen molar-refractivity contribution in [1.82, 2.24) is 18.9 Å². The Kier molecular flexibility index (Phi) is 5.95. The van der Waals surface area contributed by atoms with E-state index in [1.165, 1.54) is 23.3 Å². The van der Waals surface area contributed by atoms with Crippen molar-refractivity contribution in [2.75, 3.05) is 25.1 Å². The second-order valence-electron chi connectivity index (χ2n) is 7.17. The van der Waals surface area contributed by atoms with Crippen molar-refractivity contribution >= 4 is 21.5 Å². The summed E-state index contributed by atoms with van der Waals surface area (Å²) in [5, 5.41) is 4.08. The summed E-state index contributed by atoms with van der Waals surface area (Å²) in [7, 11) is -3.17. The summed E-state index contributed by atoms with van der Waals surface area (Å²) in [6.07, 6.45) is 7.34. The molecule has 2 aliphatic rings. The molecule has 1 saturated heterocycles. The summed E-state index contributed by atoms with van der Waals surface area (Å²) < 4.78 is 50.9. The molecule has 2 aromatic heterocycles. The molecule has 1 atom stereocenters. The van der Waals surface area contributed by atoms with Gasteiger partial charge in [0.1, 0.15) is 11.7 Å². The van der Waals surface area contributed by atoms with Crippen LogP contribution in [0.1, 0.15) is 50.1 Å². The molecule has 3 heterocycles. The Bertz CT molecular complexity index is 896. The molecule has 2 fully saturated rings. The molecule has 2 aromatic rings. The first-order chi connectivity index (χ1) is 12.8. The molecule has 7 nitrogen and oxygen atoms in total. The lowest BCUT2D eigenvalue weighted by Crippen LogP contribution is -2.39. The summed E-state index contributed by atoms with van der Waals surface area (Å²) >= 11 is 0. The van der Waals surface area contributed by atoms with Crippen molar-refractivity contribution in [3.8, 4) is 0 Å². The normalized spacial score (nSPS) is 22.0. The number of hydrogen-bond donors (Lipinski definition) is 1. The number of anilines is 1. The van der Waals surface area contributed by atoms with Gasteiger partial charge in [0, 0.05) is 24.7 Å². The molecule has 27 heavy (non-hydrogen) atoms. The molecule has 0 radical (unpaired) electrons. The van der Waals surface area contributed by atoms with Crippen LogP contribution >= 0.6 is 0 Å². The highest BCUT2D eigenvalue weighted by atomic mass is 32.2. The maximum Gasteiger partial charge on any atom is 0.238 e. The van der Waals surface area contributed by atoms with Gasteiger partial charge in [0.05, 0.1) is 12.5 Å². The molecule has 1 saturated carbocycles. The number of rotatable bonds is 2. The molecule has 0 spiro atoms. The maximum absolute atomic E-state index is 13.7. The number of nitrogens with zero attached hydrogens (tertiary/aromatic N) is 4. The van der Waals surface area contributed by atoms with Gasteiger partial charge in [-0.15, -0.1) is 5.10 Å². The van der Waals surface area contributed by atoms with Gasteiger partial charge in [-0.05, 0) is 31.7 Å². The van der Waals surface area contributed by atoms with Gasteiger partial charge in [0.25, 0.3) is 0 Å². The molecule has 1 aliphatic heterocycles. The highest BCUT2D eigenvalue weighted by molar-refractivity contribution is 7.88. The molecule has 2 N–H and O–H groups in total. The lowest BCUT2D eigenvalue weighted by molar-refractivity contribution is 0.203. The van der Waals surface area contributed by atoms with Crippen LogP contribution in [0.5, 0.6) is 0 Å². The quantitative estimate of drug-likeness (QED) is 0.834. The maximum atomic E-state index is 13.7. The largest absolute Gasteiger partial charge is 0.367 e. The SMILES string of the molecule is CS(=O)(=O)N1CCCC(F)C1.Nc1ncc2c(F)cc(C3CCCC3)n2n1. The van der Waals surface area contributed by atoms with Crippen LogP contribution < -0.4 is 5.73 Å². The van der Waals surface area contributed by atoms with Crippen LogP contribution in [-0.2, 0) is 10.0 Å². The lowest BCUT2D eigenvalue weighted by Gasteiger charge is -2.26. The highest BCUT2D eigenvalue weighted by Gasteiger charge is 2.25. The van der Waals surface area contributed by atoms with Crippen molar-refractivity contribution in [3.63, 3.8) is 0 Å². The van der Waals surface area contributed by atoms with E-state index in [4.69, 9.17) is 5.73 Å². The van der Waals surface area contributed by atoms with E-state index in [0.29, 0.717) is 30.8 Å². The smallest absolute Gasteiger partial charge is 0.238 e. The zero-order valence-electron chi connectivity index (χ0n) is 15.3. The van der Waals surface area contributed by atoms with Crippen molar-refractivity contribution in [2.24, 2.45) is 0 Å². The van der Waals surface area contributed by atoms with E-state index in [9.17, 15) is 17.2 Å². The number of sulfonamides is 1. The molecule has 1 aliphatic carbocycles. The van der Waals surface area contributed by atoms with Crippen molar-refractivity contribution < 1.29 is 17.2 Å². The van der Waals surface area contributed by atoms with Gasteiger partial charge in [0.15, 0.2) is 5.82 Å². The summed E-state index contributed by atoms with van der Waals surface area (Å²) in [4.78, 5) is 3.81. The summed E-state index contributed by atoms with van der Waals surface area (Å²) in [5.41, 5.74) is 6.88. The monoisotopic (exact) mass is 401 g/mol. The van der Waals surface area contributed by atoms with Crippen molar-refractivity contribution in [2.45, 2.75) is 50.6 Å². The molecule has 1 unspecified atom stereocenters. The minimum absolute atomic E-state index is 0.0405. The number of nitrogen functional groups attached to an aromatic ring is 1. The van der Waals surface area contributed by atoms with E-state index in [2.05, 4.69) is 10.1 Å². The van der Waals surface area contributed by atoms with Crippen LogP contribution in [0.2, 0.25) is 0 Å². The van der Waals surface area contributed by atoms with Crippen molar-refractivity contribution in [1.29, 1.82) is 0 Å². The molecule has 0 aromatic carbocycles. The highest BCUT2D eigenvalue weighted by Crippen LogP contribution is 2.35. The number of hydrogen-bond acceptors (Lipinski definition) is 5.